The molecule has 6 nitrogen and oxygen atoms in total. The fourth-order valence-corrected chi connectivity index (χ4v) is 3.19. The third-order valence-corrected chi connectivity index (χ3v) is 4.65. The fraction of sp³-hybridized carbons (Fsp3) is 0.444. The minimum Gasteiger partial charge on any atom is -0.357 e. The Balaban J connectivity index is 1.59. The van der Waals surface area contributed by atoms with Crippen LogP contribution in [0.15, 0.2) is 24.7 Å². The van der Waals surface area contributed by atoms with Gasteiger partial charge in [-0.2, -0.15) is 5.26 Å². The molecular formula is C18H21FN6. The van der Waals surface area contributed by atoms with Gasteiger partial charge in [0.1, 0.15) is 12.1 Å². The average molecular weight is 340 g/mol. The molecule has 1 aliphatic rings. The van der Waals surface area contributed by atoms with Gasteiger partial charge in [0.25, 0.3) is 0 Å². The van der Waals surface area contributed by atoms with Crippen molar-refractivity contribution in [3.05, 3.63) is 41.7 Å². The summed E-state index contributed by atoms with van der Waals surface area (Å²) in [4.78, 5) is 16.4. The predicted octanol–water partition coefficient (Wildman–Crippen LogP) is 2.54. The number of hydrogen-bond donors (Lipinski definition) is 0. The number of nitriles is 1. The molecule has 0 aliphatic carbocycles. The van der Waals surface area contributed by atoms with Gasteiger partial charge in [0.2, 0.25) is 0 Å². The topological polar surface area (TPSA) is 68.9 Å². The smallest absolute Gasteiger partial charge is 0.186 e. The van der Waals surface area contributed by atoms with Crippen LogP contribution < -0.4 is 9.80 Å². The molecule has 0 bridgehead atoms. The maximum atomic E-state index is 14.2. The Bertz CT molecular complexity index is 779. The number of rotatable bonds is 4. The molecule has 0 aromatic carbocycles. The summed E-state index contributed by atoms with van der Waals surface area (Å²) in [5.74, 6) is 1.33. The summed E-state index contributed by atoms with van der Waals surface area (Å²) in [6.45, 7) is 4.17. The summed E-state index contributed by atoms with van der Waals surface area (Å²) in [5.41, 5.74) is 0.997. The molecule has 0 amide bonds. The van der Waals surface area contributed by atoms with Crippen LogP contribution in [-0.2, 0) is 0 Å². The van der Waals surface area contributed by atoms with Gasteiger partial charge in [0, 0.05) is 32.9 Å². The van der Waals surface area contributed by atoms with Crippen molar-refractivity contribution >= 4 is 11.6 Å². The van der Waals surface area contributed by atoms with Crippen molar-refractivity contribution in [2.45, 2.75) is 19.8 Å². The van der Waals surface area contributed by atoms with Crippen molar-refractivity contribution in [3.8, 4) is 6.07 Å². The highest BCUT2D eigenvalue weighted by Crippen LogP contribution is 2.25. The SMILES string of the molecule is Cc1ncnc(N(C)CC2CCN(c3cc(C#N)ccn3)CC2)c1F. The molecule has 3 rings (SSSR count). The summed E-state index contributed by atoms with van der Waals surface area (Å²) < 4.78 is 14.2. The molecule has 25 heavy (non-hydrogen) atoms. The minimum absolute atomic E-state index is 0.347. The minimum atomic E-state index is -0.347. The number of piperidine rings is 1. The van der Waals surface area contributed by atoms with E-state index in [1.165, 1.54) is 6.33 Å². The maximum absolute atomic E-state index is 14.2. The Morgan fingerprint density at radius 2 is 2.08 bits per heavy atom. The number of hydrogen-bond acceptors (Lipinski definition) is 6. The number of pyridine rings is 1. The molecule has 0 N–H and O–H groups in total. The lowest BCUT2D eigenvalue weighted by atomic mass is 9.96. The highest BCUT2D eigenvalue weighted by Gasteiger charge is 2.23. The Hall–Kier alpha value is -2.75. The van der Waals surface area contributed by atoms with Crippen LogP contribution in [0.3, 0.4) is 0 Å². The van der Waals surface area contributed by atoms with Gasteiger partial charge in [0.15, 0.2) is 11.6 Å². The first kappa shape index (κ1) is 17.1. The second-order valence-electron chi connectivity index (χ2n) is 6.42. The normalized spacial score (nSPS) is 15.0. The van der Waals surface area contributed by atoms with E-state index in [0.717, 1.165) is 38.3 Å². The van der Waals surface area contributed by atoms with Crippen LogP contribution in [-0.4, -0.2) is 41.6 Å². The summed E-state index contributed by atoms with van der Waals surface area (Å²) in [5, 5.41) is 9.01. The Morgan fingerprint density at radius 1 is 1.32 bits per heavy atom. The van der Waals surface area contributed by atoms with Crippen molar-refractivity contribution in [1.29, 1.82) is 5.26 Å². The number of nitrogens with zero attached hydrogens (tertiary/aromatic N) is 6. The number of anilines is 2. The highest BCUT2D eigenvalue weighted by molar-refractivity contribution is 5.45. The quantitative estimate of drug-likeness (QED) is 0.852. The van der Waals surface area contributed by atoms with E-state index < -0.39 is 0 Å². The van der Waals surface area contributed by atoms with E-state index in [4.69, 9.17) is 5.26 Å². The first-order chi connectivity index (χ1) is 12.1. The second-order valence-corrected chi connectivity index (χ2v) is 6.42. The van der Waals surface area contributed by atoms with E-state index in [2.05, 4.69) is 25.9 Å². The Kier molecular flexibility index (Phi) is 5.08. The van der Waals surface area contributed by atoms with Crippen molar-refractivity contribution in [2.24, 2.45) is 5.92 Å². The molecule has 2 aromatic rings. The van der Waals surface area contributed by atoms with Crippen molar-refractivity contribution in [1.82, 2.24) is 15.0 Å². The Labute approximate surface area is 147 Å². The van der Waals surface area contributed by atoms with Gasteiger partial charge in [-0.25, -0.2) is 19.3 Å². The van der Waals surface area contributed by atoms with Gasteiger partial charge in [0.05, 0.1) is 17.3 Å². The fourth-order valence-electron chi connectivity index (χ4n) is 3.19. The van der Waals surface area contributed by atoms with Crippen LogP contribution in [0.2, 0.25) is 0 Å². The largest absolute Gasteiger partial charge is 0.357 e. The molecule has 0 atom stereocenters. The van der Waals surface area contributed by atoms with Crippen LogP contribution in [0, 0.1) is 30.0 Å². The van der Waals surface area contributed by atoms with E-state index in [1.807, 2.05) is 18.0 Å². The lowest BCUT2D eigenvalue weighted by molar-refractivity contribution is 0.405. The van der Waals surface area contributed by atoms with Crippen molar-refractivity contribution in [3.63, 3.8) is 0 Å². The molecule has 0 spiro atoms. The third kappa shape index (κ3) is 3.85. The van der Waals surface area contributed by atoms with E-state index >= 15 is 0 Å². The van der Waals surface area contributed by atoms with Crippen LogP contribution in [0.5, 0.6) is 0 Å². The van der Waals surface area contributed by atoms with Gasteiger partial charge in [-0.05, 0) is 37.8 Å². The average Bonchev–Trinajstić information content (AvgIpc) is 2.64. The molecular weight excluding hydrogens is 319 g/mol. The van der Waals surface area contributed by atoms with Crippen LogP contribution >= 0.6 is 0 Å². The maximum Gasteiger partial charge on any atom is 0.186 e. The highest BCUT2D eigenvalue weighted by atomic mass is 19.1. The lowest BCUT2D eigenvalue weighted by Crippen LogP contribution is -2.38. The molecule has 130 valence electrons. The number of halogens is 1. The first-order valence-electron chi connectivity index (χ1n) is 8.38. The summed E-state index contributed by atoms with van der Waals surface area (Å²) in [6, 6.07) is 5.69. The zero-order valence-electron chi connectivity index (χ0n) is 14.5. The number of aromatic nitrogens is 3. The monoisotopic (exact) mass is 340 g/mol. The van der Waals surface area contributed by atoms with Crippen molar-refractivity contribution in [2.75, 3.05) is 36.5 Å². The molecule has 1 saturated heterocycles. The molecule has 2 aromatic heterocycles. The predicted molar refractivity (Wildman–Crippen MR) is 93.9 cm³/mol. The summed E-state index contributed by atoms with van der Waals surface area (Å²) >= 11 is 0. The van der Waals surface area contributed by atoms with E-state index in [0.29, 0.717) is 23.0 Å². The lowest BCUT2D eigenvalue weighted by Gasteiger charge is -2.34. The van der Waals surface area contributed by atoms with Gasteiger partial charge in [-0.1, -0.05) is 0 Å². The molecule has 1 fully saturated rings. The van der Waals surface area contributed by atoms with Gasteiger partial charge < -0.3 is 9.80 Å². The third-order valence-electron chi connectivity index (χ3n) is 4.65. The zero-order chi connectivity index (χ0) is 17.8. The molecule has 0 radical (unpaired) electrons. The summed E-state index contributed by atoms with van der Waals surface area (Å²) in [6.07, 6.45) is 5.07. The second kappa shape index (κ2) is 7.43. The first-order valence-corrected chi connectivity index (χ1v) is 8.38. The molecule has 0 saturated carbocycles. The van der Waals surface area contributed by atoms with Crippen LogP contribution in [0.1, 0.15) is 24.1 Å². The van der Waals surface area contributed by atoms with E-state index in [-0.39, 0.29) is 5.82 Å². The van der Waals surface area contributed by atoms with Gasteiger partial charge in [-0.15, -0.1) is 0 Å². The van der Waals surface area contributed by atoms with E-state index in [1.54, 1.807) is 19.2 Å². The van der Waals surface area contributed by atoms with Crippen molar-refractivity contribution < 1.29 is 4.39 Å². The molecule has 7 heteroatoms. The van der Waals surface area contributed by atoms with Crippen LogP contribution in [0.25, 0.3) is 0 Å². The Morgan fingerprint density at radius 3 is 2.80 bits per heavy atom. The zero-order valence-corrected chi connectivity index (χ0v) is 14.5. The van der Waals surface area contributed by atoms with Crippen LogP contribution in [0.4, 0.5) is 16.0 Å². The number of aryl methyl sites for hydroxylation is 1. The van der Waals surface area contributed by atoms with Gasteiger partial charge in [-0.3, -0.25) is 0 Å². The van der Waals surface area contributed by atoms with E-state index in [9.17, 15) is 4.39 Å². The summed E-state index contributed by atoms with van der Waals surface area (Å²) in [7, 11) is 1.87. The standard InChI is InChI=1S/C18H21FN6/c1-13-17(19)18(23-12-22-13)24(2)11-14-4-7-25(8-5-14)16-9-15(10-20)3-6-21-16/h3,6,9,12,14H,4-5,7-8,11H2,1-2H3. The molecule has 1 aliphatic heterocycles. The van der Waals surface area contributed by atoms with Gasteiger partial charge >= 0.3 is 0 Å². The molecule has 0 unspecified atom stereocenters. The molecule has 3 heterocycles.